The average molecular weight is 389 g/mol. The number of hydrogen-bond acceptors (Lipinski definition) is 3. The molecule has 0 spiro atoms. The summed E-state index contributed by atoms with van der Waals surface area (Å²) >= 11 is 0. The zero-order valence-corrected chi connectivity index (χ0v) is 17.7. The van der Waals surface area contributed by atoms with Crippen LogP contribution < -0.4 is 10.6 Å². The predicted molar refractivity (Wildman–Crippen MR) is 112 cm³/mol. The maximum atomic E-state index is 12.7. The van der Waals surface area contributed by atoms with Gasteiger partial charge in [0.15, 0.2) is 5.96 Å². The van der Waals surface area contributed by atoms with Gasteiger partial charge in [-0.25, -0.2) is 4.98 Å². The smallest absolute Gasteiger partial charge is 0.225 e. The molecular formula is C21H36N6O. The van der Waals surface area contributed by atoms with Crippen LogP contribution in [0.15, 0.2) is 17.4 Å². The Balaban J connectivity index is 1.46. The minimum atomic E-state index is 0.254. The molecule has 1 aromatic heterocycles. The summed E-state index contributed by atoms with van der Waals surface area (Å²) in [5.41, 5.74) is 0. The Morgan fingerprint density at radius 2 is 2.07 bits per heavy atom. The van der Waals surface area contributed by atoms with E-state index in [9.17, 15) is 4.79 Å². The van der Waals surface area contributed by atoms with Gasteiger partial charge < -0.3 is 20.1 Å². The number of likely N-dealkylation sites (tertiary alicyclic amines) is 1. The minimum absolute atomic E-state index is 0.254. The highest BCUT2D eigenvalue weighted by Crippen LogP contribution is 2.26. The SMILES string of the molecule is CN=C(NCc1nccn1CC(C)C)NC1CCN(C(=O)C2CCCCC2)C1. The molecule has 1 atom stereocenters. The third kappa shape index (κ3) is 5.49. The minimum Gasteiger partial charge on any atom is -0.352 e. The average Bonchev–Trinajstić information content (AvgIpc) is 3.34. The highest BCUT2D eigenvalue weighted by Gasteiger charge is 2.31. The van der Waals surface area contributed by atoms with E-state index < -0.39 is 0 Å². The molecule has 2 heterocycles. The second kappa shape index (κ2) is 9.94. The van der Waals surface area contributed by atoms with Gasteiger partial charge in [-0.2, -0.15) is 0 Å². The Morgan fingerprint density at radius 1 is 1.29 bits per heavy atom. The molecule has 1 aliphatic heterocycles. The highest BCUT2D eigenvalue weighted by molar-refractivity contribution is 5.81. The molecule has 1 saturated carbocycles. The lowest BCUT2D eigenvalue weighted by molar-refractivity contribution is -0.135. The number of imidazole rings is 1. The Hall–Kier alpha value is -2.05. The molecule has 1 saturated heterocycles. The van der Waals surface area contributed by atoms with Gasteiger partial charge in [0.25, 0.3) is 0 Å². The number of amides is 1. The van der Waals surface area contributed by atoms with Gasteiger partial charge in [0.05, 0.1) is 6.54 Å². The van der Waals surface area contributed by atoms with E-state index in [1.807, 2.05) is 12.4 Å². The lowest BCUT2D eigenvalue weighted by Crippen LogP contribution is -2.45. The van der Waals surface area contributed by atoms with Gasteiger partial charge in [-0.1, -0.05) is 33.1 Å². The van der Waals surface area contributed by atoms with Crippen LogP contribution in [0.3, 0.4) is 0 Å². The fourth-order valence-corrected chi connectivity index (χ4v) is 4.30. The van der Waals surface area contributed by atoms with E-state index in [1.54, 1.807) is 7.05 Å². The molecule has 0 aromatic carbocycles. The van der Waals surface area contributed by atoms with Crippen molar-refractivity contribution in [2.24, 2.45) is 16.8 Å². The molecule has 2 N–H and O–H groups in total. The van der Waals surface area contributed by atoms with Crippen LogP contribution in [0.25, 0.3) is 0 Å². The molecule has 3 rings (SSSR count). The summed E-state index contributed by atoms with van der Waals surface area (Å²) in [6.07, 6.45) is 10.7. The number of carbonyl (C=O) groups is 1. The van der Waals surface area contributed by atoms with Crippen LogP contribution in [0, 0.1) is 11.8 Å². The lowest BCUT2D eigenvalue weighted by atomic mass is 9.88. The molecule has 1 aliphatic carbocycles. The first-order valence-corrected chi connectivity index (χ1v) is 10.8. The molecule has 1 aromatic rings. The third-order valence-electron chi connectivity index (χ3n) is 5.80. The van der Waals surface area contributed by atoms with Crippen LogP contribution >= 0.6 is 0 Å². The maximum absolute atomic E-state index is 12.7. The molecule has 2 fully saturated rings. The number of aromatic nitrogens is 2. The summed E-state index contributed by atoms with van der Waals surface area (Å²) in [5.74, 6) is 2.98. The molecule has 2 aliphatic rings. The summed E-state index contributed by atoms with van der Waals surface area (Å²) in [4.78, 5) is 23.6. The van der Waals surface area contributed by atoms with Crippen molar-refractivity contribution in [1.29, 1.82) is 0 Å². The van der Waals surface area contributed by atoms with E-state index in [4.69, 9.17) is 0 Å². The second-order valence-corrected chi connectivity index (χ2v) is 8.56. The van der Waals surface area contributed by atoms with E-state index >= 15 is 0 Å². The Morgan fingerprint density at radius 3 is 2.79 bits per heavy atom. The van der Waals surface area contributed by atoms with Crippen LogP contribution in [-0.2, 0) is 17.9 Å². The molecule has 7 nitrogen and oxygen atoms in total. The maximum Gasteiger partial charge on any atom is 0.225 e. The first kappa shape index (κ1) is 20.7. The van der Waals surface area contributed by atoms with Crippen molar-refractivity contribution in [1.82, 2.24) is 25.1 Å². The Kier molecular flexibility index (Phi) is 7.34. The van der Waals surface area contributed by atoms with Crippen molar-refractivity contribution in [3.05, 3.63) is 18.2 Å². The number of guanidine groups is 1. The summed E-state index contributed by atoms with van der Waals surface area (Å²) in [6, 6.07) is 0.258. The first-order chi connectivity index (χ1) is 13.6. The molecule has 0 bridgehead atoms. The highest BCUT2D eigenvalue weighted by atomic mass is 16.2. The molecule has 0 radical (unpaired) electrons. The molecule has 1 unspecified atom stereocenters. The number of nitrogens with zero attached hydrogens (tertiary/aromatic N) is 4. The van der Waals surface area contributed by atoms with Crippen LogP contribution in [0.1, 0.15) is 58.2 Å². The molecule has 1 amide bonds. The normalized spacial score (nSPS) is 21.4. The van der Waals surface area contributed by atoms with Gasteiger partial charge >= 0.3 is 0 Å². The second-order valence-electron chi connectivity index (χ2n) is 8.56. The number of carbonyl (C=O) groups excluding carboxylic acids is 1. The van der Waals surface area contributed by atoms with Gasteiger partial charge in [0, 0.05) is 51.0 Å². The topological polar surface area (TPSA) is 74.6 Å². The summed E-state index contributed by atoms with van der Waals surface area (Å²) < 4.78 is 2.19. The largest absolute Gasteiger partial charge is 0.352 e. The Labute approximate surface area is 169 Å². The van der Waals surface area contributed by atoms with Crippen LogP contribution in [0.5, 0.6) is 0 Å². The standard InChI is InChI=1S/C21H36N6O/c1-16(2)14-26-12-10-23-19(26)13-24-21(22-3)25-18-9-11-27(15-18)20(28)17-7-5-4-6-8-17/h10,12,16-18H,4-9,11,13-15H2,1-3H3,(H2,22,24,25). The van der Waals surface area contributed by atoms with E-state index in [0.29, 0.717) is 18.4 Å². The zero-order valence-electron chi connectivity index (χ0n) is 17.7. The molecule has 156 valence electrons. The van der Waals surface area contributed by atoms with Crippen molar-refractivity contribution in [3.8, 4) is 0 Å². The number of nitrogens with one attached hydrogen (secondary N) is 2. The monoisotopic (exact) mass is 388 g/mol. The summed E-state index contributed by atoms with van der Waals surface area (Å²) in [7, 11) is 1.79. The summed E-state index contributed by atoms with van der Waals surface area (Å²) in [6.45, 7) is 7.64. The first-order valence-electron chi connectivity index (χ1n) is 10.8. The van der Waals surface area contributed by atoms with Crippen LogP contribution in [0.4, 0.5) is 0 Å². The van der Waals surface area contributed by atoms with E-state index in [2.05, 4.69) is 43.9 Å². The Bertz CT molecular complexity index is 662. The van der Waals surface area contributed by atoms with E-state index in [-0.39, 0.29) is 12.0 Å². The van der Waals surface area contributed by atoms with Crippen LogP contribution in [0.2, 0.25) is 0 Å². The molecular weight excluding hydrogens is 352 g/mol. The van der Waals surface area contributed by atoms with Crippen molar-refractivity contribution < 1.29 is 4.79 Å². The quantitative estimate of drug-likeness (QED) is 0.580. The molecule has 28 heavy (non-hydrogen) atoms. The van der Waals surface area contributed by atoms with Gasteiger partial charge in [-0.15, -0.1) is 0 Å². The van der Waals surface area contributed by atoms with Crippen molar-refractivity contribution >= 4 is 11.9 Å². The van der Waals surface area contributed by atoms with Crippen molar-refractivity contribution in [2.75, 3.05) is 20.1 Å². The van der Waals surface area contributed by atoms with Crippen LogP contribution in [-0.4, -0.2) is 52.5 Å². The number of rotatable bonds is 6. The van der Waals surface area contributed by atoms with Gasteiger partial charge in [-0.05, 0) is 25.2 Å². The molecule has 7 heteroatoms. The fraction of sp³-hybridized carbons (Fsp3) is 0.762. The summed E-state index contributed by atoms with van der Waals surface area (Å²) in [5, 5.41) is 6.86. The fourth-order valence-electron chi connectivity index (χ4n) is 4.30. The zero-order chi connectivity index (χ0) is 19.9. The third-order valence-corrected chi connectivity index (χ3v) is 5.80. The predicted octanol–water partition coefficient (Wildman–Crippen LogP) is 2.39. The van der Waals surface area contributed by atoms with Gasteiger partial charge in [0.1, 0.15) is 5.82 Å². The number of aliphatic imine (C=N–C) groups is 1. The van der Waals surface area contributed by atoms with Crippen molar-refractivity contribution in [3.63, 3.8) is 0 Å². The van der Waals surface area contributed by atoms with Gasteiger partial charge in [0.2, 0.25) is 5.91 Å². The van der Waals surface area contributed by atoms with E-state index in [0.717, 1.165) is 50.7 Å². The van der Waals surface area contributed by atoms with E-state index in [1.165, 1.54) is 19.3 Å². The van der Waals surface area contributed by atoms with Gasteiger partial charge in [-0.3, -0.25) is 9.79 Å². The van der Waals surface area contributed by atoms with Crippen molar-refractivity contribution in [2.45, 2.75) is 71.5 Å². The lowest BCUT2D eigenvalue weighted by Gasteiger charge is -2.26. The number of hydrogen-bond donors (Lipinski definition) is 2.